The molecule has 5 nitrogen and oxygen atoms in total. The van der Waals surface area contributed by atoms with E-state index < -0.39 is 22.3 Å². The predicted molar refractivity (Wildman–Crippen MR) is 64.4 cm³/mol. The molecule has 5 heteroatoms. The Hall–Kier alpha value is -1.10. The van der Waals surface area contributed by atoms with E-state index in [1.54, 1.807) is 27.7 Å². The van der Waals surface area contributed by atoms with E-state index in [4.69, 9.17) is 5.73 Å². The van der Waals surface area contributed by atoms with Crippen LogP contribution in [0.1, 0.15) is 40.5 Å². The predicted octanol–water partition coefficient (Wildman–Crippen LogP) is 0.731. The van der Waals surface area contributed by atoms with Crippen LogP contribution in [0, 0.1) is 10.8 Å². The van der Waals surface area contributed by atoms with Crippen molar-refractivity contribution >= 4 is 11.9 Å². The van der Waals surface area contributed by atoms with E-state index >= 15 is 0 Å². The minimum atomic E-state index is -1.03. The number of carboxylic acid groups (broad SMARTS) is 1. The fraction of sp³-hybridized carbons (Fsp3) is 0.833. The fourth-order valence-corrected chi connectivity index (χ4v) is 1.51. The highest BCUT2D eigenvalue weighted by atomic mass is 16.4. The third-order valence-electron chi connectivity index (χ3n) is 4.25. The van der Waals surface area contributed by atoms with Gasteiger partial charge >= 0.3 is 5.97 Å². The zero-order valence-electron chi connectivity index (χ0n) is 11.0. The summed E-state index contributed by atoms with van der Waals surface area (Å²) in [6, 6.07) is 0. The van der Waals surface area contributed by atoms with Gasteiger partial charge in [0.1, 0.15) is 0 Å². The first kappa shape index (κ1) is 14.0. The summed E-state index contributed by atoms with van der Waals surface area (Å²) < 4.78 is 0. The van der Waals surface area contributed by atoms with Gasteiger partial charge in [0, 0.05) is 12.1 Å². The van der Waals surface area contributed by atoms with Crippen LogP contribution in [0.2, 0.25) is 0 Å². The molecular formula is C12H22N2O3. The molecule has 17 heavy (non-hydrogen) atoms. The van der Waals surface area contributed by atoms with Crippen molar-refractivity contribution in [2.24, 2.45) is 16.6 Å². The van der Waals surface area contributed by atoms with E-state index in [0.29, 0.717) is 6.54 Å². The lowest BCUT2D eigenvalue weighted by atomic mass is 9.74. The van der Waals surface area contributed by atoms with Crippen molar-refractivity contribution < 1.29 is 14.7 Å². The Bertz CT molecular complexity index is 344. The average molecular weight is 242 g/mol. The highest BCUT2D eigenvalue weighted by molar-refractivity contribution is 5.87. The number of amides is 1. The molecule has 0 aromatic carbocycles. The molecule has 0 aromatic heterocycles. The highest BCUT2D eigenvalue weighted by Crippen LogP contribution is 2.45. The lowest BCUT2D eigenvalue weighted by Gasteiger charge is -2.39. The Morgan fingerprint density at radius 3 is 2.06 bits per heavy atom. The number of carboxylic acids is 1. The average Bonchev–Trinajstić information content (AvgIpc) is 2.96. The normalized spacial score (nSPS) is 18.6. The summed E-state index contributed by atoms with van der Waals surface area (Å²) in [6.45, 7) is 6.99. The van der Waals surface area contributed by atoms with Crippen molar-refractivity contribution in [1.29, 1.82) is 0 Å². The zero-order valence-corrected chi connectivity index (χ0v) is 11.0. The van der Waals surface area contributed by atoms with Gasteiger partial charge in [-0.2, -0.15) is 0 Å². The number of rotatable bonds is 5. The second kappa shape index (κ2) is 3.98. The Kier molecular flexibility index (Phi) is 3.27. The number of carbonyl (C=O) groups is 2. The molecule has 0 saturated heterocycles. The highest BCUT2D eigenvalue weighted by Gasteiger charge is 2.52. The second-order valence-electron chi connectivity index (χ2n) is 5.99. The third kappa shape index (κ3) is 2.29. The van der Waals surface area contributed by atoms with Gasteiger partial charge in [0.2, 0.25) is 5.91 Å². The van der Waals surface area contributed by atoms with E-state index in [2.05, 4.69) is 5.32 Å². The molecule has 1 fully saturated rings. The summed E-state index contributed by atoms with van der Waals surface area (Å²) >= 11 is 0. The molecule has 1 aliphatic carbocycles. The lowest BCUT2D eigenvalue weighted by Crippen LogP contribution is -2.58. The van der Waals surface area contributed by atoms with E-state index in [1.807, 2.05) is 0 Å². The van der Waals surface area contributed by atoms with E-state index in [0.717, 1.165) is 12.8 Å². The van der Waals surface area contributed by atoms with Gasteiger partial charge in [-0.25, -0.2) is 0 Å². The van der Waals surface area contributed by atoms with Crippen molar-refractivity contribution in [3.63, 3.8) is 0 Å². The smallest absolute Gasteiger partial charge is 0.311 e. The van der Waals surface area contributed by atoms with Gasteiger partial charge in [-0.1, -0.05) is 0 Å². The van der Waals surface area contributed by atoms with Gasteiger partial charge in [0.05, 0.1) is 10.8 Å². The van der Waals surface area contributed by atoms with Crippen LogP contribution in [0.15, 0.2) is 0 Å². The largest absolute Gasteiger partial charge is 0.481 e. The minimum Gasteiger partial charge on any atom is -0.481 e. The first-order valence-electron chi connectivity index (χ1n) is 5.85. The maximum Gasteiger partial charge on any atom is 0.311 e. The molecule has 1 aliphatic rings. The van der Waals surface area contributed by atoms with Gasteiger partial charge in [-0.05, 0) is 40.5 Å². The molecule has 1 rings (SSSR count). The Labute approximate surface area is 102 Å². The molecule has 0 bridgehead atoms. The molecule has 0 unspecified atom stereocenters. The summed E-state index contributed by atoms with van der Waals surface area (Å²) in [7, 11) is 0. The molecule has 1 amide bonds. The molecular weight excluding hydrogens is 220 g/mol. The van der Waals surface area contributed by atoms with Crippen LogP contribution >= 0.6 is 0 Å². The molecule has 0 atom stereocenters. The quantitative estimate of drug-likeness (QED) is 0.662. The molecule has 1 saturated carbocycles. The summed E-state index contributed by atoms with van der Waals surface area (Å²) in [4.78, 5) is 23.3. The number of nitrogens with two attached hydrogens (primary N) is 1. The second-order valence-corrected chi connectivity index (χ2v) is 5.99. The van der Waals surface area contributed by atoms with Crippen molar-refractivity contribution in [2.45, 2.75) is 46.1 Å². The summed E-state index contributed by atoms with van der Waals surface area (Å²) in [5.41, 5.74) is 3.27. The van der Waals surface area contributed by atoms with Gasteiger partial charge in [0.15, 0.2) is 0 Å². The van der Waals surface area contributed by atoms with Gasteiger partial charge < -0.3 is 16.2 Å². The maximum atomic E-state index is 12.1. The van der Waals surface area contributed by atoms with E-state index in [-0.39, 0.29) is 5.91 Å². The van der Waals surface area contributed by atoms with Crippen molar-refractivity contribution in [2.75, 3.05) is 6.54 Å². The minimum absolute atomic E-state index is 0.126. The Morgan fingerprint density at radius 1 is 1.29 bits per heavy atom. The summed E-state index contributed by atoms with van der Waals surface area (Å²) in [5.74, 6) is -1.06. The summed E-state index contributed by atoms with van der Waals surface area (Å²) in [6.07, 6.45) is 1.58. The van der Waals surface area contributed by atoms with Crippen LogP contribution in [0.3, 0.4) is 0 Å². The van der Waals surface area contributed by atoms with Crippen LogP contribution < -0.4 is 11.1 Å². The van der Waals surface area contributed by atoms with E-state index in [9.17, 15) is 14.7 Å². The molecule has 0 radical (unpaired) electrons. The molecule has 0 aromatic rings. The number of nitrogens with one attached hydrogen (secondary N) is 1. The van der Waals surface area contributed by atoms with Gasteiger partial charge in [-0.3, -0.25) is 9.59 Å². The van der Waals surface area contributed by atoms with Crippen LogP contribution in [-0.2, 0) is 9.59 Å². The third-order valence-corrected chi connectivity index (χ3v) is 4.25. The number of hydrogen-bond donors (Lipinski definition) is 3. The summed E-state index contributed by atoms with van der Waals surface area (Å²) in [5, 5.41) is 12.0. The maximum absolute atomic E-state index is 12.1. The Morgan fingerprint density at radius 2 is 1.76 bits per heavy atom. The molecule has 98 valence electrons. The SMILES string of the molecule is CC(C)(NC(=O)C1(CN)CC1)C(C)(C)C(=O)O. The molecule has 0 heterocycles. The molecule has 4 N–H and O–H groups in total. The van der Waals surface area contributed by atoms with E-state index in [1.165, 1.54) is 0 Å². The zero-order chi connectivity index (χ0) is 13.5. The number of carbonyl (C=O) groups excluding carboxylic acids is 1. The standard InChI is InChI=1S/C12H22N2O3/c1-10(2,9(16)17)11(3,4)14-8(15)12(7-13)5-6-12/h5-7,13H2,1-4H3,(H,14,15)(H,16,17). The van der Waals surface area contributed by atoms with Crippen molar-refractivity contribution in [3.8, 4) is 0 Å². The first-order chi connectivity index (χ1) is 7.59. The molecule has 0 spiro atoms. The van der Waals surface area contributed by atoms with Crippen LogP contribution in [0.5, 0.6) is 0 Å². The lowest BCUT2D eigenvalue weighted by molar-refractivity contribution is -0.152. The number of hydrogen-bond acceptors (Lipinski definition) is 3. The topological polar surface area (TPSA) is 92.4 Å². The van der Waals surface area contributed by atoms with Crippen LogP contribution in [0.4, 0.5) is 0 Å². The van der Waals surface area contributed by atoms with Crippen LogP contribution in [0.25, 0.3) is 0 Å². The van der Waals surface area contributed by atoms with Crippen LogP contribution in [-0.4, -0.2) is 29.1 Å². The fourth-order valence-electron chi connectivity index (χ4n) is 1.51. The monoisotopic (exact) mass is 242 g/mol. The molecule has 0 aliphatic heterocycles. The number of aliphatic carboxylic acids is 1. The van der Waals surface area contributed by atoms with Crippen molar-refractivity contribution in [3.05, 3.63) is 0 Å². The van der Waals surface area contributed by atoms with Gasteiger partial charge in [-0.15, -0.1) is 0 Å². The van der Waals surface area contributed by atoms with Crippen molar-refractivity contribution in [1.82, 2.24) is 5.32 Å². The first-order valence-corrected chi connectivity index (χ1v) is 5.85. The van der Waals surface area contributed by atoms with Gasteiger partial charge in [0.25, 0.3) is 0 Å². The Balaban J connectivity index is 2.80.